The summed E-state index contributed by atoms with van der Waals surface area (Å²) in [5.41, 5.74) is 4.08. The number of hydrogen-bond acceptors (Lipinski definition) is 5. The maximum atomic E-state index is 14.3. The van der Waals surface area contributed by atoms with Crippen molar-refractivity contribution in [1.29, 1.82) is 0 Å². The summed E-state index contributed by atoms with van der Waals surface area (Å²) in [6, 6.07) is 4.98. The van der Waals surface area contributed by atoms with Crippen LogP contribution >= 0.6 is 0 Å². The molecule has 2 heterocycles. The van der Waals surface area contributed by atoms with Crippen LogP contribution in [0.2, 0.25) is 0 Å². The molecule has 20 heavy (non-hydrogen) atoms. The third-order valence-corrected chi connectivity index (χ3v) is 2.93. The van der Waals surface area contributed by atoms with Crippen LogP contribution in [0.1, 0.15) is 24.1 Å². The number of pyridine rings is 2. The Balaban J connectivity index is 2.25. The molecule has 0 saturated carbocycles. The Labute approximate surface area is 117 Å². The van der Waals surface area contributed by atoms with Gasteiger partial charge in [-0.05, 0) is 37.1 Å². The lowest BCUT2D eigenvalue weighted by Crippen LogP contribution is -2.30. The largest absolute Gasteiger partial charge is 0.476 e. The summed E-state index contributed by atoms with van der Waals surface area (Å²) >= 11 is 0. The Morgan fingerprint density at radius 3 is 2.70 bits per heavy atom. The molecule has 0 fully saturated rings. The molecule has 0 spiro atoms. The van der Waals surface area contributed by atoms with Crippen molar-refractivity contribution in [2.24, 2.45) is 5.84 Å². The molecule has 3 N–H and O–H groups in total. The minimum absolute atomic E-state index is 0.0000201. The van der Waals surface area contributed by atoms with E-state index in [2.05, 4.69) is 15.4 Å². The molecule has 1 atom stereocenters. The molecular formula is C14H17FN4O. The molecule has 5 nitrogen and oxygen atoms in total. The quantitative estimate of drug-likeness (QED) is 0.621. The molecule has 2 rings (SSSR count). The SMILES string of the molecule is CCOc1nccc(C(Cc2ccncc2)NN)c1F. The molecule has 6 heteroatoms. The van der Waals surface area contributed by atoms with Gasteiger partial charge in [0.1, 0.15) is 0 Å². The highest BCUT2D eigenvalue weighted by Gasteiger charge is 2.19. The summed E-state index contributed by atoms with van der Waals surface area (Å²) in [6.45, 7) is 2.14. The van der Waals surface area contributed by atoms with E-state index in [4.69, 9.17) is 10.6 Å². The van der Waals surface area contributed by atoms with Gasteiger partial charge in [0, 0.05) is 24.2 Å². The highest BCUT2D eigenvalue weighted by molar-refractivity contribution is 5.28. The smallest absolute Gasteiger partial charge is 0.250 e. The summed E-state index contributed by atoms with van der Waals surface area (Å²) in [4.78, 5) is 7.83. The zero-order valence-electron chi connectivity index (χ0n) is 11.2. The summed E-state index contributed by atoms with van der Waals surface area (Å²) < 4.78 is 19.5. The fraction of sp³-hybridized carbons (Fsp3) is 0.286. The molecule has 0 aliphatic heterocycles. The van der Waals surface area contributed by atoms with Gasteiger partial charge >= 0.3 is 0 Å². The number of rotatable bonds is 6. The zero-order valence-corrected chi connectivity index (χ0v) is 11.2. The fourth-order valence-electron chi connectivity index (χ4n) is 1.96. The first-order valence-corrected chi connectivity index (χ1v) is 6.38. The second kappa shape index (κ2) is 6.93. The molecule has 0 aromatic carbocycles. The predicted octanol–water partition coefficient (Wildman–Crippen LogP) is 1.76. The summed E-state index contributed by atoms with van der Waals surface area (Å²) in [6.07, 6.45) is 5.45. The van der Waals surface area contributed by atoms with E-state index in [1.165, 1.54) is 6.20 Å². The first-order chi connectivity index (χ1) is 9.76. The van der Waals surface area contributed by atoms with Gasteiger partial charge in [0.2, 0.25) is 0 Å². The Morgan fingerprint density at radius 2 is 2.05 bits per heavy atom. The second-order valence-electron chi connectivity index (χ2n) is 4.23. The maximum absolute atomic E-state index is 14.3. The van der Waals surface area contributed by atoms with E-state index in [1.807, 2.05) is 12.1 Å². The molecule has 106 valence electrons. The first-order valence-electron chi connectivity index (χ1n) is 6.38. The van der Waals surface area contributed by atoms with Crippen LogP contribution in [-0.2, 0) is 6.42 Å². The molecule has 2 aromatic rings. The zero-order chi connectivity index (χ0) is 14.4. The summed E-state index contributed by atoms with van der Waals surface area (Å²) in [5, 5.41) is 0. The Hall–Kier alpha value is -2.05. The van der Waals surface area contributed by atoms with Crippen LogP contribution in [0.15, 0.2) is 36.8 Å². The van der Waals surface area contributed by atoms with Gasteiger partial charge in [-0.15, -0.1) is 0 Å². The lowest BCUT2D eigenvalue weighted by Gasteiger charge is -2.18. The predicted molar refractivity (Wildman–Crippen MR) is 73.4 cm³/mol. The van der Waals surface area contributed by atoms with E-state index in [0.717, 1.165) is 5.56 Å². The standard InChI is InChI=1S/C14H17FN4O/c1-2-20-14-13(15)11(5-8-18-14)12(19-16)9-10-3-6-17-7-4-10/h3-8,12,19H,2,9,16H2,1H3. The van der Waals surface area contributed by atoms with Gasteiger partial charge in [0.05, 0.1) is 12.6 Å². The van der Waals surface area contributed by atoms with E-state index in [0.29, 0.717) is 18.6 Å². The lowest BCUT2D eigenvalue weighted by atomic mass is 10.0. The maximum Gasteiger partial charge on any atom is 0.250 e. The number of hydrogen-bond donors (Lipinski definition) is 2. The van der Waals surface area contributed by atoms with Gasteiger partial charge < -0.3 is 4.74 Å². The lowest BCUT2D eigenvalue weighted by molar-refractivity contribution is 0.304. The molecule has 0 bridgehead atoms. The van der Waals surface area contributed by atoms with E-state index >= 15 is 0 Å². The number of ether oxygens (including phenoxy) is 1. The summed E-state index contributed by atoms with van der Waals surface area (Å²) in [7, 11) is 0. The number of halogens is 1. The third-order valence-electron chi connectivity index (χ3n) is 2.93. The number of hydrazine groups is 1. The average molecular weight is 276 g/mol. The van der Waals surface area contributed by atoms with Crippen molar-refractivity contribution < 1.29 is 9.13 Å². The highest BCUT2D eigenvalue weighted by atomic mass is 19.1. The first kappa shape index (κ1) is 14.4. The minimum Gasteiger partial charge on any atom is -0.476 e. The van der Waals surface area contributed by atoms with Crippen LogP contribution < -0.4 is 16.0 Å². The Bertz CT molecular complexity index is 550. The van der Waals surface area contributed by atoms with Crippen molar-refractivity contribution >= 4 is 0 Å². The van der Waals surface area contributed by atoms with E-state index in [1.54, 1.807) is 25.4 Å². The number of nitrogens with two attached hydrogens (primary N) is 1. The minimum atomic E-state index is -0.480. The van der Waals surface area contributed by atoms with Crippen molar-refractivity contribution in [3.8, 4) is 5.88 Å². The monoisotopic (exact) mass is 276 g/mol. The normalized spacial score (nSPS) is 12.2. The molecular weight excluding hydrogens is 259 g/mol. The highest BCUT2D eigenvalue weighted by Crippen LogP contribution is 2.25. The van der Waals surface area contributed by atoms with Gasteiger partial charge in [0.15, 0.2) is 5.82 Å². The summed E-state index contributed by atoms with van der Waals surface area (Å²) in [5.74, 6) is 5.07. The topological polar surface area (TPSA) is 73.1 Å². The van der Waals surface area contributed by atoms with Crippen molar-refractivity contribution in [1.82, 2.24) is 15.4 Å². The third kappa shape index (κ3) is 3.28. The number of nitrogens with one attached hydrogen (secondary N) is 1. The van der Waals surface area contributed by atoms with E-state index in [9.17, 15) is 4.39 Å². The Morgan fingerprint density at radius 1 is 1.30 bits per heavy atom. The molecule has 2 aromatic heterocycles. The average Bonchev–Trinajstić information content (AvgIpc) is 2.49. The molecule has 0 saturated heterocycles. The van der Waals surface area contributed by atoms with Crippen LogP contribution in [0.5, 0.6) is 5.88 Å². The van der Waals surface area contributed by atoms with Crippen LogP contribution in [0.25, 0.3) is 0 Å². The van der Waals surface area contributed by atoms with Gasteiger partial charge in [0.25, 0.3) is 5.88 Å². The molecule has 1 unspecified atom stereocenters. The van der Waals surface area contributed by atoms with Gasteiger partial charge in [-0.1, -0.05) is 0 Å². The second-order valence-corrected chi connectivity index (χ2v) is 4.23. The molecule has 0 aliphatic carbocycles. The number of aromatic nitrogens is 2. The molecule has 0 aliphatic rings. The van der Waals surface area contributed by atoms with Crippen molar-refractivity contribution in [2.75, 3.05) is 6.61 Å². The fourth-order valence-corrected chi connectivity index (χ4v) is 1.96. The van der Waals surface area contributed by atoms with Crippen LogP contribution in [0.3, 0.4) is 0 Å². The van der Waals surface area contributed by atoms with E-state index < -0.39 is 5.82 Å². The molecule has 0 radical (unpaired) electrons. The van der Waals surface area contributed by atoms with Crippen LogP contribution in [0, 0.1) is 5.82 Å². The van der Waals surface area contributed by atoms with Crippen molar-refractivity contribution in [2.45, 2.75) is 19.4 Å². The van der Waals surface area contributed by atoms with Crippen LogP contribution in [-0.4, -0.2) is 16.6 Å². The van der Waals surface area contributed by atoms with E-state index in [-0.39, 0.29) is 11.9 Å². The Kier molecular flexibility index (Phi) is 4.97. The van der Waals surface area contributed by atoms with Crippen molar-refractivity contribution in [3.63, 3.8) is 0 Å². The molecule has 0 amide bonds. The van der Waals surface area contributed by atoms with Crippen LogP contribution in [0.4, 0.5) is 4.39 Å². The van der Waals surface area contributed by atoms with Gasteiger partial charge in [-0.25, -0.2) is 9.37 Å². The van der Waals surface area contributed by atoms with Crippen molar-refractivity contribution in [3.05, 3.63) is 53.7 Å². The van der Waals surface area contributed by atoms with Gasteiger partial charge in [-0.2, -0.15) is 0 Å². The van der Waals surface area contributed by atoms with Gasteiger partial charge in [-0.3, -0.25) is 16.3 Å². The number of nitrogens with zero attached hydrogens (tertiary/aromatic N) is 2.